The maximum absolute atomic E-state index is 9.81. The van der Waals surface area contributed by atoms with E-state index in [-0.39, 0.29) is 11.9 Å². The SMILES string of the molecule is CC.Oc1ccc(C2Oc3ccc(O)cc3C3CCCCC32)cc1. The van der Waals surface area contributed by atoms with E-state index in [0.717, 1.165) is 29.7 Å². The maximum atomic E-state index is 9.81. The van der Waals surface area contributed by atoms with Crippen molar-refractivity contribution in [2.24, 2.45) is 5.92 Å². The normalized spacial score (nSPS) is 24.7. The lowest BCUT2D eigenvalue weighted by Gasteiger charge is -2.42. The molecular weight excluding hydrogens is 300 g/mol. The van der Waals surface area contributed by atoms with Crippen LogP contribution in [0.1, 0.15) is 62.7 Å². The standard InChI is InChI=1S/C19H20O3.C2H6/c20-13-7-5-12(6-8-13)19-16-4-2-1-3-15(16)17-11-14(21)9-10-18(17)22-19;1-2/h5-11,15-16,19-21H,1-4H2;1-2H3. The Morgan fingerprint density at radius 3 is 2.29 bits per heavy atom. The minimum atomic E-state index is 0.0305. The molecule has 4 rings (SSSR count). The molecule has 2 aromatic rings. The molecule has 1 aliphatic heterocycles. The fourth-order valence-corrected chi connectivity index (χ4v) is 4.04. The molecule has 2 aromatic carbocycles. The van der Waals surface area contributed by atoms with Crippen LogP contribution >= 0.6 is 0 Å². The first-order valence-corrected chi connectivity index (χ1v) is 9.01. The molecule has 2 N–H and O–H groups in total. The third-order valence-electron chi connectivity index (χ3n) is 5.08. The second-order valence-electron chi connectivity index (χ2n) is 6.41. The van der Waals surface area contributed by atoms with Gasteiger partial charge >= 0.3 is 0 Å². The van der Waals surface area contributed by atoms with Gasteiger partial charge in [0, 0.05) is 11.5 Å². The Kier molecular flexibility index (Phi) is 4.98. The summed E-state index contributed by atoms with van der Waals surface area (Å²) in [6.45, 7) is 4.00. The minimum Gasteiger partial charge on any atom is -0.508 e. The quantitative estimate of drug-likeness (QED) is 0.724. The zero-order valence-electron chi connectivity index (χ0n) is 14.4. The molecule has 1 saturated carbocycles. The molecule has 0 spiro atoms. The topological polar surface area (TPSA) is 49.7 Å². The Balaban J connectivity index is 0.000000815. The van der Waals surface area contributed by atoms with Crippen LogP contribution in [0.25, 0.3) is 0 Å². The van der Waals surface area contributed by atoms with Crippen LogP contribution in [-0.2, 0) is 0 Å². The van der Waals surface area contributed by atoms with Crippen molar-refractivity contribution in [3.8, 4) is 17.2 Å². The lowest BCUT2D eigenvalue weighted by molar-refractivity contribution is 0.0678. The van der Waals surface area contributed by atoms with E-state index in [9.17, 15) is 10.2 Å². The third-order valence-corrected chi connectivity index (χ3v) is 5.08. The fraction of sp³-hybridized carbons (Fsp3) is 0.429. The van der Waals surface area contributed by atoms with Crippen LogP contribution in [0.2, 0.25) is 0 Å². The summed E-state index contributed by atoms with van der Waals surface area (Å²) in [5, 5.41) is 19.3. The molecule has 2 aliphatic rings. The summed E-state index contributed by atoms with van der Waals surface area (Å²) in [5.74, 6) is 2.37. The lowest BCUT2D eigenvalue weighted by Crippen LogP contribution is -2.32. The monoisotopic (exact) mass is 326 g/mol. The van der Waals surface area contributed by atoms with Crippen LogP contribution in [0.15, 0.2) is 42.5 Å². The van der Waals surface area contributed by atoms with Crippen molar-refractivity contribution in [1.29, 1.82) is 0 Å². The van der Waals surface area contributed by atoms with Gasteiger partial charge < -0.3 is 14.9 Å². The molecule has 24 heavy (non-hydrogen) atoms. The number of rotatable bonds is 1. The van der Waals surface area contributed by atoms with Gasteiger partial charge in [-0.25, -0.2) is 0 Å². The second-order valence-corrected chi connectivity index (χ2v) is 6.41. The van der Waals surface area contributed by atoms with Crippen molar-refractivity contribution in [2.75, 3.05) is 0 Å². The van der Waals surface area contributed by atoms with Crippen molar-refractivity contribution >= 4 is 0 Å². The van der Waals surface area contributed by atoms with Gasteiger partial charge in [0.2, 0.25) is 0 Å². The zero-order valence-corrected chi connectivity index (χ0v) is 14.4. The molecule has 0 radical (unpaired) electrons. The van der Waals surface area contributed by atoms with Crippen molar-refractivity contribution in [3.05, 3.63) is 53.6 Å². The number of phenols is 2. The van der Waals surface area contributed by atoms with Crippen molar-refractivity contribution in [2.45, 2.75) is 51.6 Å². The molecule has 0 saturated heterocycles. The van der Waals surface area contributed by atoms with Gasteiger partial charge in [-0.15, -0.1) is 0 Å². The number of phenolic OH excluding ortho intramolecular Hbond substituents is 2. The molecule has 0 bridgehead atoms. The van der Waals surface area contributed by atoms with Gasteiger partial charge in [0.25, 0.3) is 0 Å². The molecule has 1 aliphatic carbocycles. The summed E-state index contributed by atoms with van der Waals surface area (Å²) in [6, 6.07) is 12.8. The molecule has 0 aromatic heterocycles. The highest BCUT2D eigenvalue weighted by atomic mass is 16.5. The minimum absolute atomic E-state index is 0.0305. The molecule has 1 fully saturated rings. The van der Waals surface area contributed by atoms with E-state index in [1.807, 2.05) is 38.1 Å². The van der Waals surface area contributed by atoms with E-state index < -0.39 is 0 Å². The van der Waals surface area contributed by atoms with E-state index in [1.54, 1.807) is 18.2 Å². The zero-order chi connectivity index (χ0) is 17.1. The predicted octanol–water partition coefficient (Wildman–Crippen LogP) is 5.53. The number of ether oxygens (including phenoxy) is 1. The number of hydrogen-bond donors (Lipinski definition) is 2. The Bertz CT molecular complexity index is 678. The van der Waals surface area contributed by atoms with Crippen molar-refractivity contribution in [1.82, 2.24) is 0 Å². The predicted molar refractivity (Wildman–Crippen MR) is 95.6 cm³/mol. The highest BCUT2D eigenvalue weighted by Gasteiger charge is 2.40. The number of hydrogen-bond acceptors (Lipinski definition) is 3. The summed E-state index contributed by atoms with van der Waals surface area (Å²) in [6.07, 6.45) is 4.79. The third kappa shape index (κ3) is 3.08. The van der Waals surface area contributed by atoms with Crippen LogP contribution in [0.5, 0.6) is 17.2 Å². The highest BCUT2D eigenvalue weighted by Crippen LogP contribution is 2.52. The van der Waals surface area contributed by atoms with Crippen LogP contribution in [0, 0.1) is 5.92 Å². The Labute approximate surface area is 143 Å². The maximum Gasteiger partial charge on any atom is 0.127 e. The summed E-state index contributed by atoms with van der Waals surface area (Å²) in [7, 11) is 0. The van der Waals surface area contributed by atoms with Crippen LogP contribution in [0.3, 0.4) is 0 Å². The average Bonchev–Trinajstić information content (AvgIpc) is 2.64. The van der Waals surface area contributed by atoms with E-state index in [1.165, 1.54) is 12.8 Å². The Morgan fingerprint density at radius 2 is 1.54 bits per heavy atom. The number of benzene rings is 2. The lowest BCUT2D eigenvalue weighted by atomic mass is 9.70. The van der Waals surface area contributed by atoms with E-state index in [0.29, 0.717) is 17.6 Å². The van der Waals surface area contributed by atoms with Gasteiger partial charge in [-0.1, -0.05) is 38.8 Å². The molecular formula is C21H26O3. The molecule has 3 heteroatoms. The summed E-state index contributed by atoms with van der Waals surface area (Å²) < 4.78 is 6.29. The first-order valence-electron chi connectivity index (χ1n) is 9.01. The Hall–Kier alpha value is -2.16. The van der Waals surface area contributed by atoms with Crippen LogP contribution < -0.4 is 4.74 Å². The summed E-state index contributed by atoms with van der Waals surface area (Å²) in [5.41, 5.74) is 2.27. The second kappa shape index (κ2) is 7.16. The molecule has 3 unspecified atom stereocenters. The Morgan fingerprint density at radius 1 is 0.875 bits per heavy atom. The van der Waals surface area contributed by atoms with Gasteiger partial charge in [-0.3, -0.25) is 0 Å². The molecule has 0 amide bonds. The molecule has 1 heterocycles. The van der Waals surface area contributed by atoms with E-state index in [2.05, 4.69) is 0 Å². The van der Waals surface area contributed by atoms with Gasteiger partial charge in [-0.05, 0) is 54.7 Å². The van der Waals surface area contributed by atoms with Crippen LogP contribution in [0.4, 0.5) is 0 Å². The van der Waals surface area contributed by atoms with Crippen molar-refractivity contribution < 1.29 is 14.9 Å². The average molecular weight is 326 g/mol. The number of aromatic hydroxyl groups is 2. The van der Waals surface area contributed by atoms with E-state index >= 15 is 0 Å². The summed E-state index contributed by atoms with van der Waals surface area (Å²) in [4.78, 5) is 0. The van der Waals surface area contributed by atoms with Crippen LogP contribution in [-0.4, -0.2) is 10.2 Å². The van der Waals surface area contributed by atoms with Crippen molar-refractivity contribution in [3.63, 3.8) is 0 Å². The number of fused-ring (bicyclic) bond motifs is 3. The molecule has 3 atom stereocenters. The smallest absolute Gasteiger partial charge is 0.127 e. The van der Waals surface area contributed by atoms with Gasteiger partial charge in [0.15, 0.2) is 0 Å². The van der Waals surface area contributed by atoms with Gasteiger partial charge in [-0.2, -0.15) is 0 Å². The summed E-state index contributed by atoms with van der Waals surface area (Å²) >= 11 is 0. The highest BCUT2D eigenvalue weighted by molar-refractivity contribution is 5.45. The molecule has 3 nitrogen and oxygen atoms in total. The van der Waals surface area contributed by atoms with Gasteiger partial charge in [0.1, 0.15) is 23.4 Å². The first kappa shape index (κ1) is 16.7. The van der Waals surface area contributed by atoms with E-state index in [4.69, 9.17) is 4.74 Å². The largest absolute Gasteiger partial charge is 0.508 e. The van der Waals surface area contributed by atoms with Gasteiger partial charge in [0.05, 0.1) is 0 Å². The molecule has 128 valence electrons. The fourth-order valence-electron chi connectivity index (χ4n) is 4.04. The first-order chi connectivity index (χ1) is 11.7.